The van der Waals surface area contributed by atoms with Crippen LogP contribution in [-0.2, 0) is 6.54 Å². The summed E-state index contributed by atoms with van der Waals surface area (Å²) in [5.41, 5.74) is 1.67. The molecule has 3 rings (SSSR count). The Labute approximate surface area is 128 Å². The average molecular weight is 296 g/mol. The molecule has 0 fully saturated rings. The fourth-order valence-electron chi connectivity index (χ4n) is 2.11. The van der Waals surface area contributed by atoms with Gasteiger partial charge in [0.15, 0.2) is 0 Å². The molecule has 112 valence electrons. The number of rotatable bonds is 5. The van der Waals surface area contributed by atoms with Crippen molar-refractivity contribution in [2.24, 2.45) is 0 Å². The molecule has 2 aromatic carbocycles. The minimum atomic E-state index is -0.705. The highest BCUT2D eigenvalue weighted by atomic mass is 16.5. The zero-order valence-electron chi connectivity index (χ0n) is 12.1. The van der Waals surface area contributed by atoms with Crippen molar-refractivity contribution in [1.29, 1.82) is 0 Å². The number of aliphatic hydroxyl groups is 1. The highest BCUT2D eigenvalue weighted by molar-refractivity contribution is 5.52. The van der Waals surface area contributed by atoms with Gasteiger partial charge in [-0.1, -0.05) is 42.5 Å². The second kappa shape index (κ2) is 6.36. The van der Waals surface area contributed by atoms with Crippen molar-refractivity contribution in [3.63, 3.8) is 0 Å². The first-order valence-electron chi connectivity index (χ1n) is 6.91. The summed E-state index contributed by atoms with van der Waals surface area (Å²) in [5.74, 6) is 1.30. The SMILES string of the molecule is COc1ccc(C(O)Cn2nnc(-c3ccccc3)n2)cc1. The number of benzene rings is 2. The summed E-state index contributed by atoms with van der Waals surface area (Å²) < 4.78 is 5.10. The van der Waals surface area contributed by atoms with E-state index in [1.54, 1.807) is 7.11 Å². The lowest BCUT2D eigenvalue weighted by Gasteiger charge is -2.10. The number of aliphatic hydroxyl groups excluding tert-OH is 1. The normalized spacial score (nSPS) is 12.1. The maximum Gasteiger partial charge on any atom is 0.204 e. The van der Waals surface area contributed by atoms with E-state index in [2.05, 4.69) is 15.4 Å². The van der Waals surface area contributed by atoms with Gasteiger partial charge in [0.2, 0.25) is 5.82 Å². The molecule has 22 heavy (non-hydrogen) atoms. The van der Waals surface area contributed by atoms with Gasteiger partial charge >= 0.3 is 0 Å². The van der Waals surface area contributed by atoms with Crippen LogP contribution in [0.4, 0.5) is 0 Å². The predicted molar refractivity (Wildman–Crippen MR) is 81.2 cm³/mol. The predicted octanol–water partition coefficient (Wildman–Crippen LogP) is 2.08. The summed E-state index contributed by atoms with van der Waals surface area (Å²) in [4.78, 5) is 1.40. The Morgan fingerprint density at radius 2 is 1.82 bits per heavy atom. The molecular weight excluding hydrogens is 280 g/mol. The van der Waals surface area contributed by atoms with Crippen molar-refractivity contribution in [1.82, 2.24) is 20.2 Å². The molecule has 3 aromatic rings. The maximum absolute atomic E-state index is 10.2. The third kappa shape index (κ3) is 3.12. The van der Waals surface area contributed by atoms with Crippen molar-refractivity contribution in [2.75, 3.05) is 7.11 Å². The molecule has 0 aliphatic heterocycles. The van der Waals surface area contributed by atoms with Crippen LogP contribution in [0.3, 0.4) is 0 Å². The van der Waals surface area contributed by atoms with Gasteiger partial charge in [-0.25, -0.2) is 0 Å². The lowest BCUT2D eigenvalue weighted by molar-refractivity contribution is 0.144. The molecule has 0 bridgehead atoms. The van der Waals surface area contributed by atoms with Gasteiger partial charge in [-0.05, 0) is 22.9 Å². The molecule has 0 saturated heterocycles. The topological polar surface area (TPSA) is 73.1 Å². The first kappa shape index (κ1) is 14.2. The van der Waals surface area contributed by atoms with Crippen molar-refractivity contribution in [3.05, 3.63) is 60.2 Å². The molecule has 0 radical (unpaired) electrons. The molecule has 1 heterocycles. The minimum Gasteiger partial charge on any atom is -0.497 e. The average Bonchev–Trinajstić information content (AvgIpc) is 3.04. The molecule has 0 aliphatic rings. The van der Waals surface area contributed by atoms with Crippen LogP contribution >= 0.6 is 0 Å². The van der Waals surface area contributed by atoms with Gasteiger partial charge in [0.25, 0.3) is 0 Å². The van der Waals surface area contributed by atoms with E-state index >= 15 is 0 Å². The second-order valence-corrected chi connectivity index (χ2v) is 4.82. The summed E-state index contributed by atoms with van der Waals surface area (Å²) in [5, 5.41) is 22.5. The number of tetrazole rings is 1. The molecule has 1 unspecified atom stereocenters. The molecule has 1 aromatic heterocycles. The van der Waals surface area contributed by atoms with Crippen LogP contribution < -0.4 is 4.74 Å². The third-order valence-electron chi connectivity index (χ3n) is 3.32. The van der Waals surface area contributed by atoms with Gasteiger partial charge in [-0.3, -0.25) is 0 Å². The van der Waals surface area contributed by atoms with Crippen LogP contribution in [0, 0.1) is 0 Å². The highest BCUT2D eigenvalue weighted by Crippen LogP contribution is 2.19. The first-order chi connectivity index (χ1) is 10.8. The minimum absolute atomic E-state index is 0.242. The molecule has 0 spiro atoms. The number of nitrogens with zero attached hydrogens (tertiary/aromatic N) is 4. The van der Waals surface area contributed by atoms with Gasteiger partial charge < -0.3 is 9.84 Å². The number of methoxy groups -OCH3 is 1. The number of aromatic nitrogens is 4. The summed E-state index contributed by atoms with van der Waals surface area (Å²) >= 11 is 0. The van der Waals surface area contributed by atoms with Gasteiger partial charge in [-0.2, -0.15) is 4.80 Å². The third-order valence-corrected chi connectivity index (χ3v) is 3.32. The Bertz CT molecular complexity index is 725. The van der Waals surface area contributed by atoms with Gasteiger partial charge in [0.1, 0.15) is 11.9 Å². The molecular formula is C16H16N4O2. The Morgan fingerprint density at radius 3 is 2.50 bits per heavy atom. The van der Waals surface area contributed by atoms with Crippen LogP contribution in [0.25, 0.3) is 11.4 Å². The fourth-order valence-corrected chi connectivity index (χ4v) is 2.11. The second-order valence-electron chi connectivity index (χ2n) is 4.82. The fraction of sp³-hybridized carbons (Fsp3) is 0.188. The smallest absolute Gasteiger partial charge is 0.204 e. The zero-order valence-corrected chi connectivity index (χ0v) is 12.1. The van der Waals surface area contributed by atoms with E-state index < -0.39 is 6.10 Å². The molecule has 0 saturated carbocycles. The maximum atomic E-state index is 10.2. The van der Waals surface area contributed by atoms with E-state index in [4.69, 9.17) is 4.74 Å². The molecule has 0 aliphatic carbocycles. The van der Waals surface area contributed by atoms with Crippen molar-refractivity contribution < 1.29 is 9.84 Å². The summed E-state index contributed by atoms with van der Waals surface area (Å²) in [6.07, 6.45) is -0.705. The van der Waals surface area contributed by atoms with E-state index in [0.29, 0.717) is 5.82 Å². The lowest BCUT2D eigenvalue weighted by Crippen LogP contribution is -2.11. The number of ether oxygens (including phenoxy) is 1. The van der Waals surface area contributed by atoms with Crippen LogP contribution in [0.5, 0.6) is 5.75 Å². The van der Waals surface area contributed by atoms with Crippen LogP contribution in [-0.4, -0.2) is 32.4 Å². The summed E-state index contributed by atoms with van der Waals surface area (Å²) in [6, 6.07) is 16.9. The monoisotopic (exact) mass is 296 g/mol. The molecule has 1 N–H and O–H groups in total. The Morgan fingerprint density at radius 1 is 1.09 bits per heavy atom. The first-order valence-corrected chi connectivity index (χ1v) is 6.91. The van der Waals surface area contributed by atoms with Crippen LogP contribution in [0.15, 0.2) is 54.6 Å². The van der Waals surface area contributed by atoms with E-state index in [-0.39, 0.29) is 6.54 Å². The largest absolute Gasteiger partial charge is 0.497 e. The Hall–Kier alpha value is -2.73. The lowest BCUT2D eigenvalue weighted by atomic mass is 10.1. The zero-order chi connectivity index (χ0) is 15.4. The van der Waals surface area contributed by atoms with Crippen molar-refractivity contribution in [3.8, 4) is 17.1 Å². The summed E-state index contributed by atoms with van der Waals surface area (Å²) in [7, 11) is 1.61. The number of hydrogen-bond donors (Lipinski definition) is 1. The van der Waals surface area contributed by atoms with Gasteiger partial charge in [-0.15, -0.1) is 10.2 Å². The molecule has 1 atom stereocenters. The molecule has 0 amide bonds. The van der Waals surface area contributed by atoms with Crippen molar-refractivity contribution in [2.45, 2.75) is 12.6 Å². The molecule has 6 heteroatoms. The van der Waals surface area contributed by atoms with Gasteiger partial charge in [0, 0.05) is 5.56 Å². The number of hydrogen-bond acceptors (Lipinski definition) is 5. The van der Waals surface area contributed by atoms with E-state index in [0.717, 1.165) is 16.9 Å². The molecule has 6 nitrogen and oxygen atoms in total. The van der Waals surface area contributed by atoms with Crippen LogP contribution in [0.1, 0.15) is 11.7 Å². The summed E-state index contributed by atoms with van der Waals surface area (Å²) in [6.45, 7) is 0.242. The van der Waals surface area contributed by atoms with E-state index in [9.17, 15) is 5.11 Å². The van der Waals surface area contributed by atoms with Crippen molar-refractivity contribution >= 4 is 0 Å². The standard InChI is InChI=1S/C16H16N4O2/c1-22-14-9-7-12(8-10-14)15(21)11-20-18-16(17-19-20)13-5-3-2-4-6-13/h2-10,15,21H,11H2,1H3. The highest BCUT2D eigenvalue weighted by Gasteiger charge is 2.12. The van der Waals surface area contributed by atoms with E-state index in [1.165, 1.54) is 4.80 Å². The van der Waals surface area contributed by atoms with Gasteiger partial charge in [0.05, 0.1) is 13.7 Å². The Kier molecular flexibility index (Phi) is 4.11. The Balaban J connectivity index is 1.71. The van der Waals surface area contributed by atoms with E-state index in [1.807, 2.05) is 54.6 Å². The van der Waals surface area contributed by atoms with Crippen LogP contribution in [0.2, 0.25) is 0 Å². The quantitative estimate of drug-likeness (QED) is 0.780.